The summed E-state index contributed by atoms with van der Waals surface area (Å²) >= 11 is 0. The largest absolute Gasteiger partial charge is 0.497 e. The number of ether oxygens (including phenoxy) is 3. The Morgan fingerprint density at radius 1 is 1.03 bits per heavy atom. The first-order valence-corrected chi connectivity index (χ1v) is 11.7. The van der Waals surface area contributed by atoms with Crippen LogP contribution < -0.4 is 20.1 Å². The van der Waals surface area contributed by atoms with Crippen LogP contribution in [0.5, 0.6) is 11.5 Å². The quantitative estimate of drug-likeness (QED) is 0.406. The standard InChI is InChI=1S/C28H32N2O5/c1-28(2,16-19-12-14-21(33-3)15-13-19)29-17-24(31)22-10-7-11-23-25(22)35-27(26(32)30-23)34-18-20-8-5-4-6-9-20/h4-15,24,27,29,31H,16-18H2,1-3H3,(H,30,32). The van der Waals surface area contributed by atoms with Crippen molar-refractivity contribution >= 4 is 11.6 Å². The van der Waals surface area contributed by atoms with Crippen molar-refractivity contribution in [3.05, 3.63) is 89.5 Å². The molecule has 0 saturated carbocycles. The monoisotopic (exact) mass is 476 g/mol. The third-order valence-corrected chi connectivity index (χ3v) is 5.92. The zero-order valence-electron chi connectivity index (χ0n) is 20.3. The van der Waals surface area contributed by atoms with E-state index in [1.165, 1.54) is 5.56 Å². The molecule has 1 aliphatic rings. The van der Waals surface area contributed by atoms with Gasteiger partial charge in [0.2, 0.25) is 0 Å². The lowest BCUT2D eigenvalue weighted by Gasteiger charge is -2.31. The van der Waals surface area contributed by atoms with E-state index >= 15 is 0 Å². The summed E-state index contributed by atoms with van der Waals surface area (Å²) < 4.78 is 16.9. The van der Waals surface area contributed by atoms with Crippen molar-refractivity contribution < 1.29 is 24.1 Å². The third-order valence-electron chi connectivity index (χ3n) is 5.92. The summed E-state index contributed by atoms with van der Waals surface area (Å²) in [5.41, 5.74) is 2.94. The Hall–Kier alpha value is -3.39. The van der Waals surface area contributed by atoms with Crippen molar-refractivity contribution in [1.82, 2.24) is 5.32 Å². The first-order chi connectivity index (χ1) is 16.8. The predicted molar refractivity (Wildman–Crippen MR) is 134 cm³/mol. The minimum atomic E-state index is -1.10. The van der Waals surface area contributed by atoms with Crippen LogP contribution in [0.1, 0.15) is 36.6 Å². The molecule has 0 bridgehead atoms. The molecule has 1 aliphatic heterocycles. The highest BCUT2D eigenvalue weighted by Gasteiger charge is 2.32. The second kappa shape index (κ2) is 10.9. The Bertz CT molecular complexity index is 1130. The van der Waals surface area contributed by atoms with Gasteiger partial charge < -0.3 is 30.0 Å². The Morgan fingerprint density at radius 3 is 2.49 bits per heavy atom. The molecule has 0 saturated heterocycles. The van der Waals surface area contributed by atoms with Gasteiger partial charge in [0.1, 0.15) is 5.75 Å². The summed E-state index contributed by atoms with van der Waals surface area (Å²) in [6.45, 7) is 4.73. The van der Waals surface area contributed by atoms with Crippen LogP contribution >= 0.6 is 0 Å². The van der Waals surface area contributed by atoms with Crippen molar-refractivity contribution in [2.24, 2.45) is 0 Å². The maximum absolute atomic E-state index is 12.5. The molecule has 0 spiro atoms. The highest BCUT2D eigenvalue weighted by atomic mass is 16.7. The van der Waals surface area contributed by atoms with Gasteiger partial charge in [-0.3, -0.25) is 4.79 Å². The van der Waals surface area contributed by atoms with Gasteiger partial charge in [-0.25, -0.2) is 0 Å². The zero-order chi connectivity index (χ0) is 24.8. The van der Waals surface area contributed by atoms with Gasteiger partial charge in [-0.2, -0.15) is 0 Å². The van der Waals surface area contributed by atoms with Crippen molar-refractivity contribution in [2.75, 3.05) is 19.0 Å². The Balaban J connectivity index is 1.40. The second-order valence-corrected chi connectivity index (χ2v) is 9.26. The highest BCUT2D eigenvalue weighted by Crippen LogP contribution is 2.37. The molecule has 0 aromatic heterocycles. The molecule has 0 aliphatic carbocycles. The van der Waals surface area contributed by atoms with E-state index in [4.69, 9.17) is 14.2 Å². The number of hydrogen-bond acceptors (Lipinski definition) is 6. The summed E-state index contributed by atoms with van der Waals surface area (Å²) in [4.78, 5) is 12.5. The molecule has 0 fully saturated rings. The number of methoxy groups -OCH3 is 1. The zero-order valence-corrected chi connectivity index (χ0v) is 20.3. The van der Waals surface area contributed by atoms with Gasteiger partial charge >= 0.3 is 0 Å². The van der Waals surface area contributed by atoms with Gasteiger partial charge in [-0.15, -0.1) is 0 Å². The lowest BCUT2D eigenvalue weighted by molar-refractivity contribution is -0.151. The van der Waals surface area contributed by atoms with Crippen molar-refractivity contribution in [1.29, 1.82) is 0 Å². The van der Waals surface area contributed by atoms with Crippen LogP contribution in [0.15, 0.2) is 72.8 Å². The number of amides is 1. The van der Waals surface area contributed by atoms with Crippen LogP contribution in [0.3, 0.4) is 0 Å². The Labute approximate surface area is 206 Å². The lowest BCUT2D eigenvalue weighted by atomic mass is 9.94. The molecule has 2 unspecified atom stereocenters. The fraction of sp³-hybridized carbons (Fsp3) is 0.321. The number of hydrogen-bond donors (Lipinski definition) is 3. The number of nitrogens with one attached hydrogen (secondary N) is 2. The summed E-state index contributed by atoms with van der Waals surface area (Å²) in [5.74, 6) is 0.869. The smallest absolute Gasteiger partial charge is 0.294 e. The first-order valence-electron chi connectivity index (χ1n) is 11.7. The van der Waals surface area contributed by atoms with Crippen molar-refractivity contribution in [3.63, 3.8) is 0 Å². The fourth-order valence-corrected chi connectivity index (χ4v) is 4.05. The molecule has 1 heterocycles. The van der Waals surface area contributed by atoms with E-state index in [0.717, 1.165) is 17.7 Å². The summed E-state index contributed by atoms with van der Waals surface area (Å²) in [7, 11) is 1.65. The van der Waals surface area contributed by atoms with Gasteiger partial charge in [0.25, 0.3) is 12.2 Å². The molecule has 7 heteroatoms. The number of para-hydroxylation sites is 1. The number of carbonyl (C=O) groups excluding carboxylic acids is 1. The molecule has 0 radical (unpaired) electrons. The fourth-order valence-electron chi connectivity index (χ4n) is 4.05. The summed E-state index contributed by atoms with van der Waals surface area (Å²) in [6.07, 6.45) is -1.17. The predicted octanol–water partition coefficient (Wildman–Crippen LogP) is 4.21. The molecule has 3 N–H and O–H groups in total. The minimum Gasteiger partial charge on any atom is -0.497 e. The summed E-state index contributed by atoms with van der Waals surface area (Å²) in [5, 5.41) is 17.3. The number of carbonyl (C=O) groups is 1. The lowest BCUT2D eigenvalue weighted by Crippen LogP contribution is -2.43. The van der Waals surface area contributed by atoms with Crippen LogP contribution in [0.25, 0.3) is 0 Å². The molecule has 3 aromatic carbocycles. The number of rotatable bonds is 10. The molecule has 184 valence electrons. The van der Waals surface area contributed by atoms with E-state index in [9.17, 15) is 9.90 Å². The van der Waals surface area contributed by atoms with Crippen LogP contribution in [-0.4, -0.2) is 36.5 Å². The third kappa shape index (κ3) is 6.39. The number of aliphatic hydroxyl groups is 1. The van der Waals surface area contributed by atoms with E-state index in [-0.39, 0.29) is 18.1 Å². The van der Waals surface area contributed by atoms with Crippen molar-refractivity contribution in [2.45, 2.75) is 44.8 Å². The number of β-amino-alcohol motifs (C(OH)–C–C–N with tert-alkyl or cyclic N) is 1. The van der Waals surface area contributed by atoms with Gasteiger partial charge in [-0.1, -0.05) is 54.6 Å². The molecule has 3 aromatic rings. The van der Waals surface area contributed by atoms with E-state index in [2.05, 4.69) is 24.5 Å². The molecular weight excluding hydrogens is 444 g/mol. The molecular formula is C28H32N2O5. The van der Waals surface area contributed by atoms with Crippen LogP contribution in [0, 0.1) is 0 Å². The van der Waals surface area contributed by atoms with E-state index < -0.39 is 12.4 Å². The van der Waals surface area contributed by atoms with Gasteiger partial charge in [0.05, 0.1) is 25.5 Å². The average Bonchev–Trinajstić information content (AvgIpc) is 2.86. The molecule has 4 rings (SSSR count). The van der Waals surface area contributed by atoms with E-state index in [1.54, 1.807) is 25.3 Å². The SMILES string of the molecule is COc1ccc(CC(C)(C)NCC(O)c2cccc3c2OC(OCc2ccccc2)C(=O)N3)cc1. The number of benzene rings is 3. The molecule has 35 heavy (non-hydrogen) atoms. The maximum Gasteiger partial charge on any atom is 0.294 e. The van der Waals surface area contributed by atoms with E-state index in [1.807, 2.05) is 54.6 Å². The summed E-state index contributed by atoms with van der Waals surface area (Å²) in [6, 6.07) is 22.9. The Morgan fingerprint density at radius 2 is 1.77 bits per heavy atom. The molecule has 1 amide bonds. The topological polar surface area (TPSA) is 89.1 Å². The number of anilines is 1. The maximum atomic E-state index is 12.5. The van der Waals surface area contributed by atoms with E-state index in [0.29, 0.717) is 23.5 Å². The number of fused-ring (bicyclic) bond motifs is 1. The van der Waals surface area contributed by atoms with Crippen LogP contribution in [0.2, 0.25) is 0 Å². The van der Waals surface area contributed by atoms with Gasteiger partial charge in [-0.05, 0) is 49.6 Å². The van der Waals surface area contributed by atoms with Crippen LogP contribution in [-0.2, 0) is 22.6 Å². The number of aliphatic hydroxyl groups excluding tert-OH is 1. The van der Waals surface area contributed by atoms with Gasteiger partial charge in [0, 0.05) is 17.6 Å². The van der Waals surface area contributed by atoms with Crippen molar-refractivity contribution in [3.8, 4) is 11.5 Å². The first kappa shape index (κ1) is 24.7. The molecule has 7 nitrogen and oxygen atoms in total. The second-order valence-electron chi connectivity index (χ2n) is 9.26. The average molecular weight is 477 g/mol. The molecule has 2 atom stereocenters. The highest BCUT2D eigenvalue weighted by molar-refractivity contribution is 5.97. The van der Waals surface area contributed by atoms with Crippen LogP contribution in [0.4, 0.5) is 5.69 Å². The van der Waals surface area contributed by atoms with Gasteiger partial charge in [0.15, 0.2) is 5.75 Å². The minimum absolute atomic E-state index is 0.236. The normalized spacial score (nSPS) is 16.1. The Kier molecular flexibility index (Phi) is 7.70.